The molecular formula is C16H24ClN3. The van der Waals surface area contributed by atoms with Crippen molar-refractivity contribution in [3.63, 3.8) is 0 Å². The van der Waals surface area contributed by atoms with Crippen LogP contribution >= 0.6 is 11.6 Å². The van der Waals surface area contributed by atoms with E-state index in [2.05, 4.69) is 22.8 Å². The summed E-state index contributed by atoms with van der Waals surface area (Å²) in [7, 11) is 0. The predicted molar refractivity (Wildman–Crippen MR) is 85.4 cm³/mol. The zero-order valence-electron chi connectivity index (χ0n) is 12.2. The molecule has 3 nitrogen and oxygen atoms in total. The van der Waals surface area contributed by atoms with Crippen LogP contribution in [0.3, 0.4) is 0 Å². The average Bonchev–Trinajstić information content (AvgIpc) is 2.46. The Hall–Kier alpha value is -0.770. The van der Waals surface area contributed by atoms with Crippen LogP contribution in [0.25, 0.3) is 0 Å². The Bertz CT molecular complexity index is 477. The third-order valence-electron chi connectivity index (χ3n) is 4.79. The number of nitrogens with two attached hydrogens (primary N) is 1. The molecule has 0 bridgehead atoms. The van der Waals surface area contributed by atoms with Gasteiger partial charge in [0.05, 0.1) is 0 Å². The lowest BCUT2D eigenvalue weighted by atomic mass is 9.96. The Kier molecular flexibility index (Phi) is 4.20. The van der Waals surface area contributed by atoms with E-state index in [4.69, 9.17) is 17.3 Å². The molecule has 2 fully saturated rings. The first-order valence-electron chi connectivity index (χ1n) is 7.69. The number of fused-ring (bicyclic) bond motifs is 1. The molecule has 0 saturated carbocycles. The SMILES string of the molecule is CC1CN2CCCCC2CN1c1cccc(Cl)c1CN. The van der Waals surface area contributed by atoms with E-state index in [0.29, 0.717) is 18.6 Å². The van der Waals surface area contributed by atoms with E-state index in [0.717, 1.165) is 23.7 Å². The van der Waals surface area contributed by atoms with Crippen molar-refractivity contribution in [2.45, 2.75) is 44.8 Å². The van der Waals surface area contributed by atoms with Crippen molar-refractivity contribution in [1.82, 2.24) is 4.90 Å². The zero-order valence-corrected chi connectivity index (χ0v) is 12.9. The number of anilines is 1. The van der Waals surface area contributed by atoms with Crippen molar-refractivity contribution in [2.75, 3.05) is 24.5 Å². The minimum Gasteiger partial charge on any atom is -0.366 e. The molecule has 0 amide bonds. The van der Waals surface area contributed by atoms with E-state index in [1.54, 1.807) is 0 Å². The normalized spacial score (nSPS) is 27.4. The van der Waals surface area contributed by atoms with Crippen molar-refractivity contribution < 1.29 is 0 Å². The predicted octanol–water partition coefficient (Wildman–Crippen LogP) is 2.86. The number of hydrogen-bond acceptors (Lipinski definition) is 3. The molecule has 0 spiro atoms. The van der Waals surface area contributed by atoms with E-state index < -0.39 is 0 Å². The lowest BCUT2D eigenvalue weighted by Crippen LogP contribution is -2.59. The van der Waals surface area contributed by atoms with Crippen molar-refractivity contribution >= 4 is 17.3 Å². The molecule has 2 saturated heterocycles. The molecule has 110 valence electrons. The Morgan fingerprint density at radius 2 is 2.15 bits per heavy atom. The van der Waals surface area contributed by atoms with Crippen molar-refractivity contribution in [2.24, 2.45) is 5.73 Å². The molecule has 0 aliphatic carbocycles. The van der Waals surface area contributed by atoms with E-state index in [1.807, 2.05) is 12.1 Å². The third kappa shape index (κ3) is 2.54. The highest BCUT2D eigenvalue weighted by Gasteiger charge is 2.33. The molecule has 20 heavy (non-hydrogen) atoms. The van der Waals surface area contributed by atoms with Gasteiger partial charge in [-0.05, 0) is 38.4 Å². The number of rotatable bonds is 2. The number of piperidine rings is 1. The fraction of sp³-hybridized carbons (Fsp3) is 0.625. The summed E-state index contributed by atoms with van der Waals surface area (Å²) in [5.41, 5.74) is 8.24. The van der Waals surface area contributed by atoms with Crippen molar-refractivity contribution in [3.05, 3.63) is 28.8 Å². The average molecular weight is 294 g/mol. The highest BCUT2D eigenvalue weighted by atomic mass is 35.5. The second-order valence-corrected chi connectivity index (χ2v) is 6.49. The van der Waals surface area contributed by atoms with Gasteiger partial charge in [0.2, 0.25) is 0 Å². The van der Waals surface area contributed by atoms with Crippen LogP contribution in [0.15, 0.2) is 18.2 Å². The minimum atomic E-state index is 0.507. The van der Waals surface area contributed by atoms with Gasteiger partial charge in [-0.3, -0.25) is 4.90 Å². The summed E-state index contributed by atoms with van der Waals surface area (Å²) in [5.74, 6) is 0. The van der Waals surface area contributed by atoms with Crippen LogP contribution in [-0.2, 0) is 6.54 Å². The van der Waals surface area contributed by atoms with Crippen LogP contribution in [0.5, 0.6) is 0 Å². The van der Waals surface area contributed by atoms with Gasteiger partial charge < -0.3 is 10.6 Å². The minimum absolute atomic E-state index is 0.507. The van der Waals surface area contributed by atoms with Gasteiger partial charge in [0.15, 0.2) is 0 Å². The topological polar surface area (TPSA) is 32.5 Å². The van der Waals surface area contributed by atoms with E-state index >= 15 is 0 Å². The van der Waals surface area contributed by atoms with Crippen LogP contribution in [0.4, 0.5) is 5.69 Å². The zero-order chi connectivity index (χ0) is 14.1. The van der Waals surface area contributed by atoms with Crippen LogP contribution in [-0.4, -0.2) is 36.6 Å². The molecular weight excluding hydrogens is 270 g/mol. The molecule has 4 heteroatoms. The van der Waals surface area contributed by atoms with E-state index in [-0.39, 0.29) is 0 Å². The second kappa shape index (κ2) is 5.92. The maximum atomic E-state index is 6.32. The number of piperazine rings is 1. The first-order valence-corrected chi connectivity index (χ1v) is 8.06. The first kappa shape index (κ1) is 14.2. The standard InChI is InChI=1S/C16H24ClN3/c1-12-10-19-8-3-2-5-13(19)11-20(12)16-7-4-6-15(17)14(16)9-18/h4,6-7,12-13H,2-3,5,8-11,18H2,1H3. The maximum absolute atomic E-state index is 6.32. The number of hydrogen-bond donors (Lipinski definition) is 1. The number of nitrogens with zero attached hydrogens (tertiary/aromatic N) is 2. The molecule has 0 radical (unpaired) electrons. The molecule has 0 aromatic heterocycles. The van der Waals surface area contributed by atoms with Crippen molar-refractivity contribution in [1.29, 1.82) is 0 Å². The van der Waals surface area contributed by atoms with Gasteiger partial charge in [-0.2, -0.15) is 0 Å². The quantitative estimate of drug-likeness (QED) is 0.910. The lowest BCUT2D eigenvalue weighted by molar-refractivity contribution is 0.115. The lowest BCUT2D eigenvalue weighted by Gasteiger charge is -2.49. The van der Waals surface area contributed by atoms with Gasteiger partial charge in [0.25, 0.3) is 0 Å². The van der Waals surface area contributed by atoms with Gasteiger partial charge in [0, 0.05) is 48.0 Å². The maximum Gasteiger partial charge on any atom is 0.0471 e. The monoisotopic (exact) mass is 293 g/mol. The van der Waals surface area contributed by atoms with Gasteiger partial charge in [-0.1, -0.05) is 24.1 Å². The second-order valence-electron chi connectivity index (χ2n) is 6.09. The molecule has 2 N–H and O–H groups in total. The smallest absolute Gasteiger partial charge is 0.0471 e. The first-order chi connectivity index (χ1) is 9.70. The molecule has 2 aliphatic rings. The Morgan fingerprint density at radius 1 is 1.30 bits per heavy atom. The number of benzene rings is 1. The number of halogens is 1. The van der Waals surface area contributed by atoms with Crippen LogP contribution in [0.2, 0.25) is 5.02 Å². The van der Waals surface area contributed by atoms with Gasteiger partial charge >= 0.3 is 0 Å². The van der Waals surface area contributed by atoms with Gasteiger partial charge in [-0.25, -0.2) is 0 Å². The molecule has 2 aliphatic heterocycles. The van der Waals surface area contributed by atoms with Crippen LogP contribution in [0.1, 0.15) is 31.7 Å². The third-order valence-corrected chi connectivity index (χ3v) is 5.15. The largest absolute Gasteiger partial charge is 0.366 e. The summed E-state index contributed by atoms with van der Waals surface area (Å²) in [5, 5.41) is 0.795. The fourth-order valence-corrected chi connectivity index (χ4v) is 3.95. The van der Waals surface area contributed by atoms with Gasteiger partial charge in [0.1, 0.15) is 0 Å². The molecule has 2 atom stereocenters. The summed E-state index contributed by atoms with van der Waals surface area (Å²) in [6, 6.07) is 7.37. The fourth-order valence-electron chi connectivity index (χ4n) is 3.71. The summed E-state index contributed by atoms with van der Waals surface area (Å²) < 4.78 is 0. The summed E-state index contributed by atoms with van der Waals surface area (Å²) in [6.07, 6.45) is 4.04. The molecule has 2 unspecified atom stereocenters. The summed E-state index contributed by atoms with van der Waals surface area (Å²) >= 11 is 6.32. The van der Waals surface area contributed by atoms with E-state index in [9.17, 15) is 0 Å². The molecule has 1 aromatic rings. The molecule has 2 heterocycles. The summed E-state index contributed by atoms with van der Waals surface area (Å²) in [6.45, 7) is 6.34. The van der Waals surface area contributed by atoms with Crippen LogP contribution in [0, 0.1) is 0 Å². The van der Waals surface area contributed by atoms with Gasteiger partial charge in [-0.15, -0.1) is 0 Å². The highest BCUT2D eigenvalue weighted by molar-refractivity contribution is 6.31. The highest BCUT2D eigenvalue weighted by Crippen LogP contribution is 2.32. The van der Waals surface area contributed by atoms with Crippen molar-refractivity contribution in [3.8, 4) is 0 Å². The summed E-state index contributed by atoms with van der Waals surface area (Å²) in [4.78, 5) is 5.18. The Morgan fingerprint density at radius 3 is 2.95 bits per heavy atom. The Balaban J connectivity index is 1.88. The molecule has 3 rings (SSSR count). The van der Waals surface area contributed by atoms with E-state index in [1.165, 1.54) is 31.5 Å². The Labute approximate surface area is 126 Å². The molecule has 1 aromatic carbocycles. The van der Waals surface area contributed by atoms with Crippen LogP contribution < -0.4 is 10.6 Å².